The molecule has 0 aliphatic heterocycles. The summed E-state index contributed by atoms with van der Waals surface area (Å²) in [5.74, 6) is 1.01. The standard InChI is InChI=1S/C11H15N3O2/c1-16-9-5-8(6-13-10(9)12)14-11(15)7-3-2-4-7/h5-7H,2-4H2,1H3,(H2,12,13)(H,14,15). The number of aromatic nitrogens is 1. The number of nitrogens with two attached hydrogens (primary N) is 1. The quantitative estimate of drug-likeness (QED) is 0.809. The molecule has 1 saturated carbocycles. The van der Waals surface area contributed by atoms with Crippen molar-refractivity contribution >= 4 is 17.4 Å². The Labute approximate surface area is 94.0 Å². The highest BCUT2D eigenvalue weighted by Crippen LogP contribution is 2.28. The van der Waals surface area contributed by atoms with Gasteiger partial charge in [0.1, 0.15) is 0 Å². The van der Waals surface area contributed by atoms with Gasteiger partial charge in [-0.2, -0.15) is 0 Å². The van der Waals surface area contributed by atoms with Crippen LogP contribution in [0.1, 0.15) is 19.3 Å². The van der Waals surface area contributed by atoms with E-state index in [0.717, 1.165) is 19.3 Å². The molecule has 0 spiro atoms. The zero-order valence-electron chi connectivity index (χ0n) is 9.19. The van der Waals surface area contributed by atoms with E-state index in [1.54, 1.807) is 6.07 Å². The lowest BCUT2D eigenvalue weighted by Gasteiger charge is -2.24. The number of carbonyl (C=O) groups is 1. The van der Waals surface area contributed by atoms with Crippen molar-refractivity contribution in [2.75, 3.05) is 18.2 Å². The predicted molar refractivity (Wildman–Crippen MR) is 61.2 cm³/mol. The highest BCUT2D eigenvalue weighted by Gasteiger charge is 2.25. The number of rotatable bonds is 3. The maximum absolute atomic E-state index is 11.7. The number of hydrogen-bond donors (Lipinski definition) is 2. The van der Waals surface area contributed by atoms with Gasteiger partial charge in [-0.1, -0.05) is 6.42 Å². The van der Waals surface area contributed by atoms with Crippen LogP contribution in [-0.2, 0) is 4.79 Å². The van der Waals surface area contributed by atoms with Gasteiger partial charge in [-0.15, -0.1) is 0 Å². The third-order valence-corrected chi connectivity index (χ3v) is 2.85. The lowest BCUT2D eigenvalue weighted by atomic mass is 9.85. The van der Waals surface area contributed by atoms with E-state index < -0.39 is 0 Å². The molecule has 0 aromatic carbocycles. The zero-order chi connectivity index (χ0) is 11.5. The Bertz CT molecular complexity index is 402. The summed E-state index contributed by atoms with van der Waals surface area (Å²) in [6.07, 6.45) is 4.63. The minimum atomic E-state index is 0.0554. The van der Waals surface area contributed by atoms with Crippen LogP contribution in [0.4, 0.5) is 11.5 Å². The SMILES string of the molecule is COc1cc(NC(=O)C2CCC2)cnc1N. The zero-order valence-corrected chi connectivity index (χ0v) is 9.19. The van der Waals surface area contributed by atoms with Gasteiger partial charge < -0.3 is 15.8 Å². The summed E-state index contributed by atoms with van der Waals surface area (Å²) in [6, 6.07) is 1.68. The summed E-state index contributed by atoms with van der Waals surface area (Å²) in [5.41, 5.74) is 6.21. The fraction of sp³-hybridized carbons (Fsp3) is 0.455. The van der Waals surface area contributed by atoms with E-state index in [2.05, 4.69) is 10.3 Å². The normalized spacial score (nSPS) is 15.3. The molecule has 1 fully saturated rings. The number of amides is 1. The van der Waals surface area contributed by atoms with Crippen molar-refractivity contribution in [3.8, 4) is 5.75 Å². The Morgan fingerprint density at radius 3 is 2.94 bits per heavy atom. The molecule has 1 aliphatic rings. The predicted octanol–water partition coefficient (Wildman–Crippen LogP) is 1.41. The number of anilines is 2. The number of nitrogens with zero attached hydrogens (tertiary/aromatic N) is 1. The molecule has 0 bridgehead atoms. The molecule has 1 aromatic heterocycles. The molecule has 16 heavy (non-hydrogen) atoms. The first-order valence-corrected chi connectivity index (χ1v) is 5.31. The van der Waals surface area contributed by atoms with E-state index in [0.29, 0.717) is 17.3 Å². The van der Waals surface area contributed by atoms with Gasteiger partial charge in [0.05, 0.1) is 19.0 Å². The first-order chi connectivity index (χ1) is 7.70. The van der Waals surface area contributed by atoms with Gasteiger partial charge in [-0.05, 0) is 12.8 Å². The van der Waals surface area contributed by atoms with Crippen LogP contribution >= 0.6 is 0 Å². The first-order valence-electron chi connectivity index (χ1n) is 5.31. The molecule has 1 aliphatic carbocycles. The van der Waals surface area contributed by atoms with E-state index >= 15 is 0 Å². The Hall–Kier alpha value is -1.78. The third-order valence-electron chi connectivity index (χ3n) is 2.85. The molecular formula is C11H15N3O2. The first kappa shape index (κ1) is 10.7. The molecule has 86 valence electrons. The second-order valence-corrected chi connectivity index (χ2v) is 3.93. The molecule has 5 nitrogen and oxygen atoms in total. The number of ether oxygens (including phenoxy) is 1. The summed E-state index contributed by atoms with van der Waals surface area (Å²) < 4.78 is 5.03. The summed E-state index contributed by atoms with van der Waals surface area (Å²) in [5, 5.41) is 2.81. The Kier molecular flexibility index (Phi) is 2.94. The Morgan fingerprint density at radius 2 is 2.38 bits per heavy atom. The van der Waals surface area contributed by atoms with Gasteiger partial charge in [0, 0.05) is 12.0 Å². The van der Waals surface area contributed by atoms with E-state index in [4.69, 9.17) is 10.5 Å². The highest BCUT2D eigenvalue weighted by molar-refractivity contribution is 5.93. The van der Waals surface area contributed by atoms with E-state index in [9.17, 15) is 4.79 Å². The monoisotopic (exact) mass is 221 g/mol. The maximum Gasteiger partial charge on any atom is 0.227 e. The largest absolute Gasteiger partial charge is 0.493 e. The van der Waals surface area contributed by atoms with Crippen molar-refractivity contribution in [2.45, 2.75) is 19.3 Å². The van der Waals surface area contributed by atoms with Gasteiger partial charge in [-0.25, -0.2) is 4.98 Å². The highest BCUT2D eigenvalue weighted by atomic mass is 16.5. The minimum Gasteiger partial charge on any atom is -0.493 e. The van der Waals surface area contributed by atoms with Crippen LogP contribution in [0.15, 0.2) is 12.3 Å². The Morgan fingerprint density at radius 1 is 1.62 bits per heavy atom. The molecule has 5 heteroatoms. The number of nitrogens with one attached hydrogen (secondary N) is 1. The summed E-state index contributed by atoms with van der Waals surface area (Å²) >= 11 is 0. The lowest BCUT2D eigenvalue weighted by molar-refractivity contribution is -0.122. The van der Waals surface area contributed by atoms with Crippen molar-refractivity contribution in [1.82, 2.24) is 4.98 Å². The summed E-state index contributed by atoms with van der Waals surface area (Å²) in [6.45, 7) is 0. The van der Waals surface area contributed by atoms with Gasteiger partial charge in [-0.3, -0.25) is 4.79 Å². The van der Waals surface area contributed by atoms with Gasteiger partial charge >= 0.3 is 0 Å². The minimum absolute atomic E-state index is 0.0554. The van der Waals surface area contributed by atoms with Crippen molar-refractivity contribution in [2.24, 2.45) is 5.92 Å². The van der Waals surface area contributed by atoms with Crippen molar-refractivity contribution in [3.05, 3.63) is 12.3 Å². The van der Waals surface area contributed by atoms with Gasteiger partial charge in [0.2, 0.25) is 5.91 Å². The van der Waals surface area contributed by atoms with Crippen LogP contribution in [0.3, 0.4) is 0 Å². The molecule has 0 atom stereocenters. The maximum atomic E-state index is 11.7. The van der Waals surface area contributed by atoms with Gasteiger partial charge in [0.25, 0.3) is 0 Å². The third kappa shape index (κ3) is 2.08. The van der Waals surface area contributed by atoms with E-state index in [1.165, 1.54) is 13.3 Å². The number of carbonyl (C=O) groups excluding carboxylic acids is 1. The summed E-state index contributed by atoms with van der Waals surface area (Å²) in [7, 11) is 1.52. The van der Waals surface area contributed by atoms with Crippen LogP contribution < -0.4 is 15.8 Å². The molecule has 0 radical (unpaired) electrons. The lowest BCUT2D eigenvalue weighted by Crippen LogP contribution is -2.28. The molecule has 1 aromatic rings. The molecule has 3 N–H and O–H groups in total. The molecule has 1 amide bonds. The smallest absolute Gasteiger partial charge is 0.227 e. The van der Waals surface area contributed by atoms with Crippen LogP contribution in [0.2, 0.25) is 0 Å². The van der Waals surface area contributed by atoms with E-state index in [-0.39, 0.29) is 11.8 Å². The van der Waals surface area contributed by atoms with Crippen LogP contribution in [0.25, 0.3) is 0 Å². The average molecular weight is 221 g/mol. The second-order valence-electron chi connectivity index (χ2n) is 3.93. The second kappa shape index (κ2) is 4.38. The molecule has 2 rings (SSSR count). The molecule has 1 heterocycles. The van der Waals surface area contributed by atoms with Crippen molar-refractivity contribution in [3.63, 3.8) is 0 Å². The Balaban J connectivity index is 2.06. The number of methoxy groups -OCH3 is 1. The van der Waals surface area contributed by atoms with Gasteiger partial charge in [0.15, 0.2) is 11.6 Å². The van der Waals surface area contributed by atoms with Crippen LogP contribution in [-0.4, -0.2) is 18.0 Å². The van der Waals surface area contributed by atoms with Crippen molar-refractivity contribution < 1.29 is 9.53 Å². The van der Waals surface area contributed by atoms with Crippen molar-refractivity contribution in [1.29, 1.82) is 0 Å². The fourth-order valence-corrected chi connectivity index (χ4v) is 1.60. The number of nitrogen functional groups attached to an aromatic ring is 1. The average Bonchev–Trinajstić information content (AvgIpc) is 2.18. The molecular weight excluding hydrogens is 206 g/mol. The fourth-order valence-electron chi connectivity index (χ4n) is 1.60. The van der Waals surface area contributed by atoms with E-state index in [1.807, 2.05) is 0 Å². The summed E-state index contributed by atoms with van der Waals surface area (Å²) in [4.78, 5) is 15.6. The van der Waals surface area contributed by atoms with Crippen LogP contribution in [0.5, 0.6) is 5.75 Å². The topological polar surface area (TPSA) is 77.2 Å². The molecule has 0 unspecified atom stereocenters. The number of hydrogen-bond acceptors (Lipinski definition) is 4. The number of pyridine rings is 1. The van der Waals surface area contributed by atoms with Crippen LogP contribution in [0, 0.1) is 5.92 Å². The molecule has 0 saturated heterocycles.